The summed E-state index contributed by atoms with van der Waals surface area (Å²) in [5.74, 6) is 0.505. The molecule has 0 amide bonds. The van der Waals surface area contributed by atoms with E-state index in [1.165, 1.54) is 0 Å². The zero-order chi connectivity index (χ0) is 19.4. The first kappa shape index (κ1) is 19.1. The maximum atomic E-state index is 12.6. The molecule has 0 bridgehead atoms. The molecule has 27 heavy (non-hydrogen) atoms. The Kier molecular flexibility index (Phi) is 5.87. The normalized spacial score (nSPS) is 10.7. The second-order valence-electron chi connectivity index (χ2n) is 6.21. The number of nitrogens with zero attached hydrogens (tertiary/aromatic N) is 1. The zero-order valence-corrected chi connectivity index (χ0v) is 16.4. The highest BCUT2D eigenvalue weighted by molar-refractivity contribution is 6.30. The molecule has 0 aliphatic heterocycles. The number of ether oxygens (including phenoxy) is 2. The number of esters is 1. The fraction of sp³-hybridized carbons (Fsp3) is 0.227. The van der Waals surface area contributed by atoms with E-state index in [4.69, 9.17) is 21.1 Å². The van der Waals surface area contributed by atoms with Gasteiger partial charge in [0.15, 0.2) is 0 Å². The van der Waals surface area contributed by atoms with Gasteiger partial charge in [-0.2, -0.15) is 0 Å². The minimum Gasteiger partial charge on any atom is -0.497 e. The van der Waals surface area contributed by atoms with Crippen molar-refractivity contribution in [3.8, 4) is 16.9 Å². The molecule has 2 aromatic carbocycles. The lowest BCUT2D eigenvalue weighted by molar-refractivity contribution is 0.0526. The van der Waals surface area contributed by atoms with Crippen LogP contribution in [0.3, 0.4) is 0 Å². The van der Waals surface area contributed by atoms with Gasteiger partial charge in [0.2, 0.25) is 0 Å². The molecule has 0 fully saturated rings. The molecule has 0 atom stereocenters. The maximum absolute atomic E-state index is 12.6. The molecule has 3 aromatic rings. The van der Waals surface area contributed by atoms with E-state index in [0.717, 1.165) is 28.1 Å². The first-order valence-corrected chi connectivity index (χ1v) is 9.17. The maximum Gasteiger partial charge on any atom is 0.340 e. The number of halogens is 1. The highest BCUT2D eigenvalue weighted by Gasteiger charge is 2.21. The van der Waals surface area contributed by atoms with Gasteiger partial charge in [0.1, 0.15) is 5.75 Å². The van der Waals surface area contributed by atoms with Crippen LogP contribution in [-0.4, -0.2) is 24.3 Å². The molecule has 0 aliphatic rings. The monoisotopic (exact) mass is 383 g/mol. The largest absolute Gasteiger partial charge is 0.497 e. The quantitative estimate of drug-likeness (QED) is 0.538. The summed E-state index contributed by atoms with van der Waals surface area (Å²) in [6.07, 6.45) is 2.00. The van der Waals surface area contributed by atoms with Crippen molar-refractivity contribution in [1.82, 2.24) is 4.57 Å². The summed E-state index contributed by atoms with van der Waals surface area (Å²) in [4.78, 5) is 12.6. The number of methoxy groups -OCH3 is 1. The SMILES string of the molecule is CCOC(=O)c1c(-c2ccc(Cl)cc2)cn(Cc2ccc(OC)cc2)c1C. The summed E-state index contributed by atoms with van der Waals surface area (Å²) in [6, 6.07) is 15.4. The van der Waals surface area contributed by atoms with Crippen LogP contribution in [0.25, 0.3) is 11.1 Å². The van der Waals surface area contributed by atoms with Gasteiger partial charge in [-0.25, -0.2) is 4.79 Å². The fourth-order valence-electron chi connectivity index (χ4n) is 3.06. The van der Waals surface area contributed by atoms with Crippen LogP contribution in [0.4, 0.5) is 0 Å². The van der Waals surface area contributed by atoms with E-state index in [9.17, 15) is 4.79 Å². The van der Waals surface area contributed by atoms with Crippen molar-refractivity contribution < 1.29 is 14.3 Å². The highest BCUT2D eigenvalue weighted by Crippen LogP contribution is 2.30. The topological polar surface area (TPSA) is 40.5 Å². The summed E-state index contributed by atoms with van der Waals surface area (Å²) in [6.45, 7) is 4.73. The number of aromatic nitrogens is 1. The molecule has 0 saturated heterocycles. The molecule has 0 radical (unpaired) electrons. The zero-order valence-electron chi connectivity index (χ0n) is 15.7. The van der Waals surface area contributed by atoms with Crippen LogP contribution in [0, 0.1) is 6.92 Å². The Morgan fingerprint density at radius 2 is 1.74 bits per heavy atom. The summed E-state index contributed by atoms with van der Waals surface area (Å²) in [7, 11) is 1.65. The highest BCUT2D eigenvalue weighted by atomic mass is 35.5. The summed E-state index contributed by atoms with van der Waals surface area (Å²) in [5, 5.41) is 0.658. The number of hydrogen-bond acceptors (Lipinski definition) is 3. The minimum absolute atomic E-state index is 0.312. The van der Waals surface area contributed by atoms with Gasteiger partial charge in [-0.1, -0.05) is 35.9 Å². The van der Waals surface area contributed by atoms with Gasteiger partial charge in [0.05, 0.1) is 19.3 Å². The van der Waals surface area contributed by atoms with Gasteiger partial charge in [0.25, 0.3) is 0 Å². The van der Waals surface area contributed by atoms with Crippen molar-refractivity contribution in [1.29, 1.82) is 0 Å². The van der Waals surface area contributed by atoms with E-state index >= 15 is 0 Å². The van der Waals surface area contributed by atoms with Gasteiger partial charge in [-0.15, -0.1) is 0 Å². The van der Waals surface area contributed by atoms with Crippen molar-refractivity contribution in [3.63, 3.8) is 0 Å². The van der Waals surface area contributed by atoms with Crippen LogP contribution in [0.5, 0.6) is 5.75 Å². The lowest BCUT2D eigenvalue weighted by Gasteiger charge is -2.08. The Labute approximate surface area is 164 Å². The Morgan fingerprint density at radius 3 is 2.33 bits per heavy atom. The predicted molar refractivity (Wildman–Crippen MR) is 108 cm³/mol. The van der Waals surface area contributed by atoms with Gasteiger partial charge in [-0.3, -0.25) is 0 Å². The molecular weight excluding hydrogens is 362 g/mol. The van der Waals surface area contributed by atoms with E-state index in [2.05, 4.69) is 4.57 Å². The number of carbonyl (C=O) groups excluding carboxylic acids is 1. The molecule has 1 aromatic heterocycles. The molecule has 4 nitrogen and oxygen atoms in total. The number of hydrogen-bond donors (Lipinski definition) is 0. The Balaban J connectivity index is 2.02. The molecule has 0 aliphatic carbocycles. The van der Waals surface area contributed by atoms with Crippen molar-refractivity contribution in [2.75, 3.05) is 13.7 Å². The summed E-state index contributed by atoms with van der Waals surface area (Å²) >= 11 is 6.01. The third-order valence-corrected chi connectivity index (χ3v) is 4.75. The van der Waals surface area contributed by atoms with E-state index in [1.54, 1.807) is 7.11 Å². The van der Waals surface area contributed by atoms with E-state index in [0.29, 0.717) is 23.7 Å². The van der Waals surface area contributed by atoms with Crippen LogP contribution >= 0.6 is 11.6 Å². The second kappa shape index (κ2) is 8.31. The van der Waals surface area contributed by atoms with Gasteiger partial charge in [-0.05, 0) is 49.2 Å². The number of rotatable bonds is 6. The van der Waals surface area contributed by atoms with Gasteiger partial charge in [0, 0.05) is 29.0 Å². The first-order chi connectivity index (χ1) is 13.0. The van der Waals surface area contributed by atoms with Crippen molar-refractivity contribution in [2.24, 2.45) is 0 Å². The lowest BCUT2D eigenvalue weighted by Crippen LogP contribution is -2.08. The fourth-order valence-corrected chi connectivity index (χ4v) is 3.18. The first-order valence-electron chi connectivity index (χ1n) is 8.79. The van der Waals surface area contributed by atoms with Crippen LogP contribution in [-0.2, 0) is 11.3 Å². The van der Waals surface area contributed by atoms with Crippen molar-refractivity contribution in [2.45, 2.75) is 20.4 Å². The van der Waals surface area contributed by atoms with Crippen LogP contribution in [0.2, 0.25) is 5.02 Å². The van der Waals surface area contributed by atoms with E-state index in [1.807, 2.05) is 68.6 Å². The average Bonchev–Trinajstić information content (AvgIpc) is 2.99. The van der Waals surface area contributed by atoms with Crippen LogP contribution in [0.1, 0.15) is 28.5 Å². The molecule has 3 rings (SSSR count). The van der Waals surface area contributed by atoms with Gasteiger partial charge < -0.3 is 14.0 Å². The summed E-state index contributed by atoms with van der Waals surface area (Å²) < 4.78 is 12.6. The Bertz CT molecular complexity index is 927. The molecular formula is C22H22ClNO3. The Hall–Kier alpha value is -2.72. The standard InChI is InChI=1S/C22H22ClNO3/c1-4-27-22(25)21-15(2)24(13-16-5-11-19(26-3)12-6-16)14-20(21)17-7-9-18(23)10-8-17/h5-12,14H,4,13H2,1-3H3. The third kappa shape index (κ3) is 4.17. The molecule has 1 heterocycles. The number of benzene rings is 2. The minimum atomic E-state index is -0.312. The molecule has 0 spiro atoms. The van der Waals surface area contributed by atoms with Crippen LogP contribution in [0.15, 0.2) is 54.7 Å². The molecule has 5 heteroatoms. The van der Waals surface area contributed by atoms with E-state index in [-0.39, 0.29) is 5.97 Å². The smallest absolute Gasteiger partial charge is 0.340 e. The molecule has 0 N–H and O–H groups in total. The Morgan fingerprint density at radius 1 is 1.07 bits per heavy atom. The predicted octanol–water partition coefficient (Wildman–Crippen LogP) is 5.35. The second-order valence-corrected chi connectivity index (χ2v) is 6.64. The van der Waals surface area contributed by atoms with E-state index < -0.39 is 0 Å². The van der Waals surface area contributed by atoms with Crippen molar-refractivity contribution >= 4 is 17.6 Å². The average molecular weight is 384 g/mol. The van der Waals surface area contributed by atoms with Gasteiger partial charge >= 0.3 is 5.97 Å². The molecule has 0 saturated carbocycles. The lowest BCUT2D eigenvalue weighted by atomic mass is 10.0. The third-order valence-electron chi connectivity index (χ3n) is 4.49. The van der Waals surface area contributed by atoms with Crippen molar-refractivity contribution in [3.05, 3.63) is 76.6 Å². The summed E-state index contributed by atoms with van der Waals surface area (Å²) in [5.41, 5.74) is 4.35. The molecule has 0 unspecified atom stereocenters. The molecule has 140 valence electrons. The van der Waals surface area contributed by atoms with Crippen LogP contribution < -0.4 is 4.74 Å². The number of carbonyl (C=O) groups is 1.